The summed E-state index contributed by atoms with van der Waals surface area (Å²) in [7, 11) is 2.93. The molecule has 24 heavy (non-hydrogen) atoms. The summed E-state index contributed by atoms with van der Waals surface area (Å²) >= 11 is 0. The lowest BCUT2D eigenvalue weighted by molar-refractivity contribution is -0.143. The number of pyridine rings is 1. The molecule has 1 aromatic carbocycles. The third kappa shape index (κ3) is 4.22. The SMILES string of the molecule is COc1ccc(C(=O)COC(=O)Cn2ccccc2=O)c(OC)c1. The Bertz CT molecular complexity index is 796. The lowest BCUT2D eigenvalue weighted by Crippen LogP contribution is -2.25. The molecule has 2 rings (SSSR count). The Hall–Kier alpha value is -3.09. The van der Waals surface area contributed by atoms with Crippen LogP contribution in [0.3, 0.4) is 0 Å². The van der Waals surface area contributed by atoms with E-state index in [0.29, 0.717) is 11.5 Å². The van der Waals surface area contributed by atoms with Crippen LogP contribution in [-0.2, 0) is 16.1 Å². The van der Waals surface area contributed by atoms with Gasteiger partial charge in [0.05, 0.1) is 19.8 Å². The van der Waals surface area contributed by atoms with E-state index in [1.165, 1.54) is 37.1 Å². The molecule has 0 amide bonds. The molecule has 7 heteroatoms. The van der Waals surface area contributed by atoms with E-state index in [4.69, 9.17) is 14.2 Å². The number of carbonyl (C=O) groups excluding carboxylic acids is 2. The molecule has 0 unspecified atom stereocenters. The molecule has 2 aromatic rings. The van der Waals surface area contributed by atoms with Crippen LogP contribution in [-0.4, -0.2) is 37.1 Å². The summed E-state index contributed by atoms with van der Waals surface area (Å²) in [6.07, 6.45) is 1.47. The molecule has 0 spiro atoms. The molecule has 126 valence electrons. The number of Topliss-reactive ketones (excluding diaryl/α,β-unsaturated/α-hetero) is 1. The van der Waals surface area contributed by atoms with Crippen molar-refractivity contribution < 1.29 is 23.8 Å². The molecular formula is C17H17NO6. The van der Waals surface area contributed by atoms with Crippen molar-refractivity contribution in [2.75, 3.05) is 20.8 Å². The monoisotopic (exact) mass is 331 g/mol. The largest absolute Gasteiger partial charge is 0.497 e. The standard InChI is InChI=1S/C17H17NO6/c1-22-12-6-7-13(15(9-12)23-2)14(19)11-24-17(21)10-18-8-4-3-5-16(18)20/h3-9H,10-11H2,1-2H3. The Balaban J connectivity index is 1.99. The zero-order valence-corrected chi connectivity index (χ0v) is 13.4. The molecule has 1 aromatic heterocycles. The van der Waals surface area contributed by atoms with Crippen LogP contribution in [0.4, 0.5) is 0 Å². The average molecular weight is 331 g/mol. The third-order valence-corrected chi connectivity index (χ3v) is 3.27. The van der Waals surface area contributed by atoms with Gasteiger partial charge in [-0.05, 0) is 18.2 Å². The number of aromatic nitrogens is 1. The van der Waals surface area contributed by atoms with Gasteiger partial charge in [-0.15, -0.1) is 0 Å². The van der Waals surface area contributed by atoms with Crippen molar-refractivity contribution >= 4 is 11.8 Å². The highest BCUT2D eigenvalue weighted by Gasteiger charge is 2.16. The highest BCUT2D eigenvalue weighted by Crippen LogP contribution is 2.24. The quantitative estimate of drug-likeness (QED) is 0.561. The molecule has 0 aliphatic heterocycles. The van der Waals surface area contributed by atoms with Crippen LogP contribution in [0, 0.1) is 0 Å². The summed E-state index contributed by atoms with van der Waals surface area (Å²) in [6, 6.07) is 9.25. The van der Waals surface area contributed by atoms with Gasteiger partial charge in [0.15, 0.2) is 6.61 Å². The fraction of sp³-hybridized carbons (Fsp3) is 0.235. The van der Waals surface area contributed by atoms with E-state index >= 15 is 0 Å². The van der Waals surface area contributed by atoms with Crippen LogP contribution in [0.1, 0.15) is 10.4 Å². The maximum Gasteiger partial charge on any atom is 0.326 e. The second kappa shape index (κ2) is 7.96. The number of hydrogen-bond donors (Lipinski definition) is 0. The molecule has 0 radical (unpaired) electrons. The summed E-state index contributed by atoms with van der Waals surface area (Å²) in [4.78, 5) is 35.5. The number of carbonyl (C=O) groups is 2. The molecule has 0 aliphatic rings. The minimum absolute atomic E-state index is 0.257. The number of nitrogens with zero attached hydrogens (tertiary/aromatic N) is 1. The van der Waals surface area contributed by atoms with Gasteiger partial charge < -0.3 is 18.8 Å². The number of benzene rings is 1. The van der Waals surface area contributed by atoms with Gasteiger partial charge in [0, 0.05) is 18.3 Å². The molecular weight excluding hydrogens is 314 g/mol. The molecule has 0 saturated carbocycles. The van der Waals surface area contributed by atoms with Crippen LogP contribution < -0.4 is 15.0 Å². The van der Waals surface area contributed by atoms with Gasteiger partial charge in [0.25, 0.3) is 5.56 Å². The fourth-order valence-corrected chi connectivity index (χ4v) is 2.03. The fourth-order valence-electron chi connectivity index (χ4n) is 2.03. The number of ether oxygens (including phenoxy) is 3. The molecule has 0 N–H and O–H groups in total. The number of rotatable bonds is 7. The molecule has 0 aliphatic carbocycles. The molecule has 1 heterocycles. The van der Waals surface area contributed by atoms with E-state index in [9.17, 15) is 14.4 Å². The van der Waals surface area contributed by atoms with Gasteiger partial charge in [0.2, 0.25) is 5.78 Å². The Morgan fingerprint density at radius 1 is 1.08 bits per heavy atom. The van der Waals surface area contributed by atoms with Crippen LogP contribution >= 0.6 is 0 Å². The first-order valence-corrected chi connectivity index (χ1v) is 7.11. The molecule has 0 bridgehead atoms. The first kappa shape index (κ1) is 17.3. The molecule has 0 atom stereocenters. The van der Waals surface area contributed by atoms with E-state index in [2.05, 4.69) is 0 Å². The molecule has 7 nitrogen and oxygen atoms in total. The highest BCUT2D eigenvalue weighted by atomic mass is 16.5. The zero-order chi connectivity index (χ0) is 17.5. The Morgan fingerprint density at radius 2 is 1.88 bits per heavy atom. The van der Waals surface area contributed by atoms with Crippen molar-refractivity contribution in [2.45, 2.75) is 6.54 Å². The average Bonchev–Trinajstić information content (AvgIpc) is 2.61. The predicted molar refractivity (Wildman–Crippen MR) is 85.5 cm³/mol. The third-order valence-electron chi connectivity index (χ3n) is 3.27. The van der Waals surface area contributed by atoms with E-state index in [-0.39, 0.29) is 17.7 Å². The first-order chi connectivity index (χ1) is 11.5. The molecule has 0 fully saturated rings. The normalized spacial score (nSPS) is 10.1. The minimum Gasteiger partial charge on any atom is -0.497 e. The van der Waals surface area contributed by atoms with Gasteiger partial charge in [-0.1, -0.05) is 6.07 Å². The second-order valence-electron chi connectivity index (χ2n) is 4.82. The van der Waals surface area contributed by atoms with Gasteiger partial charge in [0.1, 0.15) is 18.0 Å². The number of methoxy groups -OCH3 is 2. The number of esters is 1. The second-order valence-corrected chi connectivity index (χ2v) is 4.82. The van der Waals surface area contributed by atoms with Crippen molar-refractivity contribution in [3.05, 3.63) is 58.5 Å². The summed E-state index contributed by atoms with van der Waals surface area (Å²) in [5.41, 5.74) is -0.0411. The van der Waals surface area contributed by atoms with Crippen LogP contribution in [0.2, 0.25) is 0 Å². The van der Waals surface area contributed by atoms with E-state index in [1.807, 2.05) is 0 Å². The summed E-state index contributed by atoms with van der Waals surface area (Å²) < 4.78 is 16.3. The Morgan fingerprint density at radius 3 is 2.54 bits per heavy atom. The maximum atomic E-state index is 12.2. The van der Waals surface area contributed by atoms with Crippen molar-refractivity contribution in [3.8, 4) is 11.5 Å². The summed E-state index contributed by atoms with van der Waals surface area (Å²) in [5.74, 6) is -0.217. The van der Waals surface area contributed by atoms with Crippen molar-refractivity contribution in [3.63, 3.8) is 0 Å². The lowest BCUT2D eigenvalue weighted by atomic mass is 10.1. The topological polar surface area (TPSA) is 83.8 Å². The molecule has 0 saturated heterocycles. The van der Waals surface area contributed by atoms with Gasteiger partial charge in [-0.2, -0.15) is 0 Å². The van der Waals surface area contributed by atoms with Crippen LogP contribution in [0.5, 0.6) is 11.5 Å². The van der Waals surface area contributed by atoms with E-state index in [1.54, 1.807) is 24.3 Å². The van der Waals surface area contributed by atoms with Crippen LogP contribution in [0.15, 0.2) is 47.4 Å². The Kier molecular flexibility index (Phi) is 5.73. The van der Waals surface area contributed by atoms with E-state index < -0.39 is 18.4 Å². The predicted octanol–water partition coefficient (Wildman–Crippen LogP) is 1.29. The van der Waals surface area contributed by atoms with Crippen molar-refractivity contribution in [1.29, 1.82) is 0 Å². The highest BCUT2D eigenvalue weighted by molar-refractivity contribution is 6.00. The van der Waals surface area contributed by atoms with Gasteiger partial charge in [-0.25, -0.2) is 0 Å². The number of ketones is 1. The first-order valence-electron chi connectivity index (χ1n) is 7.11. The Labute approximate surface area is 138 Å². The zero-order valence-electron chi connectivity index (χ0n) is 13.4. The van der Waals surface area contributed by atoms with Crippen molar-refractivity contribution in [1.82, 2.24) is 4.57 Å². The summed E-state index contributed by atoms with van der Waals surface area (Å²) in [5, 5.41) is 0. The van der Waals surface area contributed by atoms with Crippen molar-refractivity contribution in [2.24, 2.45) is 0 Å². The van der Waals surface area contributed by atoms with Crippen LogP contribution in [0.25, 0.3) is 0 Å². The number of hydrogen-bond acceptors (Lipinski definition) is 6. The minimum atomic E-state index is -0.677. The van der Waals surface area contributed by atoms with Gasteiger partial charge >= 0.3 is 5.97 Å². The maximum absolute atomic E-state index is 12.2. The van der Waals surface area contributed by atoms with Gasteiger partial charge in [-0.3, -0.25) is 14.4 Å². The smallest absolute Gasteiger partial charge is 0.326 e. The lowest BCUT2D eigenvalue weighted by Gasteiger charge is -2.10. The van der Waals surface area contributed by atoms with E-state index in [0.717, 1.165) is 0 Å². The summed E-state index contributed by atoms with van der Waals surface area (Å²) in [6.45, 7) is -0.699.